The molecule has 15 rings (SSSR count). The van der Waals surface area contributed by atoms with E-state index in [0.717, 1.165) is 0 Å². The normalized spacial score (nSPS) is 17.9. The van der Waals surface area contributed by atoms with Gasteiger partial charge in [0.05, 0.1) is 22.7 Å². The van der Waals surface area contributed by atoms with E-state index in [1.165, 1.54) is 107 Å². The average Bonchev–Trinajstić information content (AvgIpc) is 1.27. The van der Waals surface area contributed by atoms with Crippen LogP contribution in [-0.4, -0.2) is 49.8 Å². The monoisotopic (exact) mass is 1310 g/mol. The van der Waals surface area contributed by atoms with Crippen molar-refractivity contribution in [3.8, 4) is 0 Å². The first-order valence-electron chi connectivity index (χ1n) is 35.3. The average molecular weight is 1310 g/mol. The molecule has 99 heavy (non-hydrogen) atoms. The van der Waals surface area contributed by atoms with Crippen LogP contribution in [0.4, 0.5) is 68.2 Å². The number of hydrogen-bond donors (Lipinski definition) is 0. The van der Waals surface area contributed by atoms with Crippen LogP contribution < -0.4 is 44.1 Å². The van der Waals surface area contributed by atoms with E-state index in [9.17, 15) is 0 Å². The number of para-hydroxylation sites is 12. The third kappa shape index (κ3) is 14.8. The standard InChI is InChI=1S/C23H30N2.C21H20N2.C17H18N2.C16H18N2.C12H16N2/c1-16(2)20-11-9-12-21(17(3)4)23(20)25-15-14-24(19(25)6)22-13-8-7-10-18(22)5;1-16-10-6-7-13-19(16)23-17(2)22(18-11-4-3-5-12-18)20-14-8-9-15-21(20)23;1-14-8-6-7-11-17(14)19-13-12-18(15(19)2)16-9-4-3-5-10-16;1-12-8-4-5-9-14(12)18-13(2)17(3)15-10-6-7-11-16(15)18;1-10-6-4-5-7-12(10)14-9-8-13(3)11(14)2/h7-17,19H,1-6H3;3-15,17H,1-2H3;3-13,15H,1-2H3;4-11,13H,1-3H3;4-9,11H,1-3H3. The molecule has 10 aromatic rings. The van der Waals surface area contributed by atoms with Crippen LogP contribution >= 0.6 is 0 Å². The third-order valence-corrected chi connectivity index (χ3v) is 20.1. The van der Waals surface area contributed by atoms with Crippen LogP contribution in [0.3, 0.4) is 0 Å². The van der Waals surface area contributed by atoms with E-state index in [-0.39, 0.29) is 12.3 Å². The third-order valence-electron chi connectivity index (χ3n) is 20.1. The van der Waals surface area contributed by atoms with Crippen LogP contribution in [0.1, 0.15) is 113 Å². The number of hydrogen-bond acceptors (Lipinski definition) is 10. The van der Waals surface area contributed by atoms with Crippen molar-refractivity contribution in [2.24, 2.45) is 0 Å². The van der Waals surface area contributed by atoms with Gasteiger partial charge in [0, 0.05) is 96.8 Å². The van der Waals surface area contributed by atoms with Gasteiger partial charge in [-0.1, -0.05) is 198 Å². The summed E-state index contributed by atoms with van der Waals surface area (Å²) in [6, 6.07) is 87.8. The van der Waals surface area contributed by atoms with Crippen LogP contribution in [0.25, 0.3) is 0 Å². The van der Waals surface area contributed by atoms with Gasteiger partial charge < -0.3 is 49.0 Å². The SMILES string of the molecule is Cc1ccccc1N1C=CN(C)C1C.Cc1ccccc1N1C=CN(c2c(C(C)C)cccc2C(C)C)C1C.Cc1ccccc1N1C=CN(c2ccccc2)C1C.Cc1ccccc1N1c2ccccc2N(C)C1C.Cc1ccccc1N1c2ccccc2N(c2ccccc2)C1C. The smallest absolute Gasteiger partial charge is 0.108 e. The molecule has 0 N–H and O–H groups in total. The predicted molar refractivity (Wildman–Crippen MR) is 426 cm³/mol. The first-order valence-corrected chi connectivity index (χ1v) is 35.3. The maximum Gasteiger partial charge on any atom is 0.108 e. The topological polar surface area (TPSA) is 32.4 Å². The molecule has 0 saturated heterocycles. The number of rotatable bonds is 10. The maximum absolute atomic E-state index is 2.44. The Morgan fingerprint density at radius 3 is 0.949 bits per heavy atom. The molecular weight excluding hydrogens is 1210 g/mol. The van der Waals surface area contributed by atoms with Gasteiger partial charge in [-0.3, -0.25) is 0 Å². The molecule has 5 aliphatic rings. The van der Waals surface area contributed by atoms with Gasteiger partial charge in [-0.15, -0.1) is 0 Å². The van der Waals surface area contributed by atoms with Crippen molar-refractivity contribution in [1.29, 1.82) is 0 Å². The van der Waals surface area contributed by atoms with E-state index in [1.807, 2.05) is 6.07 Å². The highest BCUT2D eigenvalue weighted by atomic mass is 15.4. The van der Waals surface area contributed by atoms with Crippen molar-refractivity contribution in [3.63, 3.8) is 0 Å². The molecule has 5 atom stereocenters. The fourth-order valence-electron chi connectivity index (χ4n) is 14.3. The zero-order chi connectivity index (χ0) is 70.0. The maximum atomic E-state index is 2.44. The first-order chi connectivity index (χ1) is 47.9. The molecule has 0 fully saturated rings. The van der Waals surface area contributed by atoms with Gasteiger partial charge in [-0.05, 0) is 199 Å². The minimum atomic E-state index is 0.232. The summed E-state index contributed by atoms with van der Waals surface area (Å²) in [5, 5.41) is 0. The van der Waals surface area contributed by atoms with Gasteiger partial charge in [-0.25, -0.2) is 0 Å². The zero-order valence-electron chi connectivity index (χ0n) is 61.1. The summed E-state index contributed by atoms with van der Waals surface area (Å²) in [5.41, 5.74) is 24.7. The molecule has 508 valence electrons. The fraction of sp³-hybridized carbons (Fsp3) is 0.258. The second kappa shape index (κ2) is 31.3. The van der Waals surface area contributed by atoms with E-state index in [1.54, 1.807) is 0 Å². The molecular formula is C89H102N10. The van der Waals surface area contributed by atoms with Crippen molar-refractivity contribution in [2.45, 2.75) is 140 Å². The van der Waals surface area contributed by atoms with Crippen LogP contribution in [0.2, 0.25) is 0 Å². The van der Waals surface area contributed by atoms with Gasteiger partial charge in [-0.2, -0.15) is 0 Å². The quantitative estimate of drug-likeness (QED) is 0.132. The van der Waals surface area contributed by atoms with E-state index in [0.29, 0.717) is 30.3 Å². The van der Waals surface area contributed by atoms with Gasteiger partial charge in [0.25, 0.3) is 0 Å². The number of nitrogens with zero attached hydrogens (tertiary/aromatic N) is 10. The summed E-state index contributed by atoms with van der Waals surface area (Å²) >= 11 is 0. The molecule has 0 aromatic heterocycles. The lowest BCUT2D eigenvalue weighted by atomic mass is 9.92. The Labute approximate surface area is 592 Å². The summed E-state index contributed by atoms with van der Waals surface area (Å²) in [6.07, 6.45) is 14.5. The number of benzene rings is 10. The molecule has 5 heterocycles. The highest BCUT2D eigenvalue weighted by molar-refractivity contribution is 5.89. The molecule has 5 unspecified atom stereocenters. The Balaban J connectivity index is 0.000000127. The second-order valence-electron chi connectivity index (χ2n) is 27.2. The Bertz CT molecular complexity index is 4380. The summed E-state index contributed by atoms with van der Waals surface area (Å²) in [7, 11) is 4.25. The fourth-order valence-corrected chi connectivity index (χ4v) is 14.3. The second-order valence-corrected chi connectivity index (χ2v) is 27.2. The molecule has 0 aliphatic carbocycles. The minimum Gasteiger partial charge on any atom is -0.359 e. The van der Waals surface area contributed by atoms with Gasteiger partial charge in [0.2, 0.25) is 0 Å². The molecule has 10 heteroatoms. The van der Waals surface area contributed by atoms with E-state index in [4.69, 9.17) is 0 Å². The zero-order valence-corrected chi connectivity index (χ0v) is 61.1. The Hall–Kier alpha value is -10.6. The summed E-state index contributed by atoms with van der Waals surface area (Å²) < 4.78 is 0. The van der Waals surface area contributed by atoms with Gasteiger partial charge in [0.1, 0.15) is 30.8 Å². The van der Waals surface area contributed by atoms with Crippen molar-refractivity contribution in [1.82, 2.24) is 4.90 Å². The van der Waals surface area contributed by atoms with Crippen molar-refractivity contribution in [2.75, 3.05) is 58.2 Å². The molecule has 5 aliphatic heterocycles. The predicted octanol–water partition coefficient (Wildman–Crippen LogP) is 22.6. The minimum absolute atomic E-state index is 0.232. The highest BCUT2D eigenvalue weighted by Crippen LogP contribution is 2.49. The van der Waals surface area contributed by atoms with Crippen molar-refractivity contribution < 1.29 is 0 Å². The van der Waals surface area contributed by atoms with Gasteiger partial charge in [0.15, 0.2) is 0 Å². The first kappa shape index (κ1) is 69.8. The van der Waals surface area contributed by atoms with Crippen LogP contribution in [0, 0.1) is 34.6 Å². The summed E-state index contributed by atoms with van der Waals surface area (Å²) in [5.74, 6) is 1.00. The Morgan fingerprint density at radius 2 is 0.545 bits per heavy atom. The number of fused-ring (bicyclic) bond motifs is 2. The molecule has 10 aromatic carbocycles. The largest absolute Gasteiger partial charge is 0.359 e. The van der Waals surface area contributed by atoms with Crippen LogP contribution in [0.15, 0.2) is 286 Å². The summed E-state index contributed by atoms with van der Waals surface area (Å²) in [4.78, 5) is 23.5. The molecule has 0 radical (unpaired) electrons. The summed E-state index contributed by atoms with van der Waals surface area (Å²) in [6.45, 7) is 31.2. The lowest BCUT2D eigenvalue weighted by Gasteiger charge is -2.34. The van der Waals surface area contributed by atoms with Crippen LogP contribution in [0.5, 0.6) is 0 Å². The van der Waals surface area contributed by atoms with Crippen LogP contribution in [-0.2, 0) is 0 Å². The molecule has 0 saturated carbocycles. The van der Waals surface area contributed by atoms with E-state index in [2.05, 4.69) is 440 Å². The molecule has 0 amide bonds. The van der Waals surface area contributed by atoms with E-state index < -0.39 is 0 Å². The lowest BCUT2D eigenvalue weighted by molar-refractivity contribution is 0.383. The number of anilines is 12. The number of aryl methyl sites for hydroxylation is 5. The molecule has 0 spiro atoms. The lowest BCUT2D eigenvalue weighted by Crippen LogP contribution is -2.37. The molecule has 10 nitrogen and oxygen atoms in total. The Morgan fingerprint density at radius 1 is 0.242 bits per heavy atom. The van der Waals surface area contributed by atoms with Crippen molar-refractivity contribution in [3.05, 3.63) is 325 Å². The highest BCUT2D eigenvalue weighted by Gasteiger charge is 2.36. The van der Waals surface area contributed by atoms with Crippen molar-refractivity contribution >= 4 is 68.2 Å². The molecule has 0 bridgehead atoms. The van der Waals surface area contributed by atoms with Gasteiger partial charge >= 0.3 is 0 Å². The van der Waals surface area contributed by atoms with E-state index >= 15 is 0 Å². The Kier molecular flexibility index (Phi) is 22.1.